The minimum absolute atomic E-state index is 0.649. The van der Waals surface area contributed by atoms with Gasteiger partial charge in [-0.3, -0.25) is 0 Å². The SMILES string of the molecule is c1ccc2c(c1)CC(CC1(C3CCCC3)CNC1)S2. The van der Waals surface area contributed by atoms with Crippen molar-refractivity contribution in [1.29, 1.82) is 0 Å². The number of thioether (sulfide) groups is 1. The average Bonchev–Trinajstić information content (AvgIpc) is 3.02. The minimum Gasteiger partial charge on any atom is -0.316 e. The maximum absolute atomic E-state index is 3.56. The van der Waals surface area contributed by atoms with Gasteiger partial charge in [0.15, 0.2) is 0 Å². The first-order chi connectivity index (χ1) is 9.36. The van der Waals surface area contributed by atoms with E-state index in [1.807, 2.05) is 0 Å². The molecule has 19 heavy (non-hydrogen) atoms. The van der Waals surface area contributed by atoms with E-state index < -0.39 is 0 Å². The zero-order valence-corrected chi connectivity index (χ0v) is 12.3. The lowest BCUT2D eigenvalue weighted by molar-refractivity contribution is 0.0697. The average molecular weight is 273 g/mol. The molecule has 1 saturated heterocycles. The molecule has 1 saturated carbocycles. The Morgan fingerprint density at radius 1 is 1.16 bits per heavy atom. The van der Waals surface area contributed by atoms with Gasteiger partial charge in [-0.15, -0.1) is 11.8 Å². The van der Waals surface area contributed by atoms with Gasteiger partial charge in [-0.1, -0.05) is 31.0 Å². The third-order valence-electron chi connectivity index (χ3n) is 5.52. The molecule has 1 N–H and O–H groups in total. The number of hydrogen-bond acceptors (Lipinski definition) is 2. The van der Waals surface area contributed by atoms with Gasteiger partial charge in [0, 0.05) is 23.2 Å². The fourth-order valence-corrected chi connectivity index (χ4v) is 5.90. The molecule has 0 aromatic heterocycles. The van der Waals surface area contributed by atoms with E-state index in [4.69, 9.17) is 0 Å². The van der Waals surface area contributed by atoms with E-state index >= 15 is 0 Å². The van der Waals surface area contributed by atoms with Crippen LogP contribution in [0, 0.1) is 11.3 Å². The molecule has 1 nitrogen and oxygen atoms in total. The molecule has 1 aromatic rings. The normalized spacial score (nSPS) is 29.2. The lowest BCUT2D eigenvalue weighted by atomic mass is 9.66. The van der Waals surface area contributed by atoms with Gasteiger partial charge in [0.25, 0.3) is 0 Å². The Balaban J connectivity index is 1.47. The predicted molar refractivity (Wildman–Crippen MR) is 81.7 cm³/mol. The molecule has 3 aliphatic rings. The summed E-state index contributed by atoms with van der Waals surface area (Å²) < 4.78 is 0. The van der Waals surface area contributed by atoms with Gasteiger partial charge in [-0.05, 0) is 48.6 Å². The van der Waals surface area contributed by atoms with Gasteiger partial charge >= 0.3 is 0 Å². The fourth-order valence-electron chi connectivity index (χ4n) is 4.41. The van der Waals surface area contributed by atoms with Crippen LogP contribution in [-0.2, 0) is 6.42 Å². The molecule has 0 radical (unpaired) electrons. The van der Waals surface area contributed by atoms with Crippen LogP contribution in [0.1, 0.15) is 37.7 Å². The van der Waals surface area contributed by atoms with Crippen molar-refractivity contribution >= 4 is 11.8 Å². The van der Waals surface area contributed by atoms with Crippen LogP contribution in [0.25, 0.3) is 0 Å². The highest BCUT2D eigenvalue weighted by atomic mass is 32.2. The number of nitrogens with one attached hydrogen (secondary N) is 1. The molecular formula is C17H23NS. The first-order valence-electron chi connectivity index (χ1n) is 7.81. The molecule has 4 rings (SSSR count). The van der Waals surface area contributed by atoms with Crippen LogP contribution in [0.2, 0.25) is 0 Å². The monoisotopic (exact) mass is 273 g/mol. The zero-order chi connectivity index (χ0) is 12.7. The van der Waals surface area contributed by atoms with E-state index in [0.717, 1.165) is 11.2 Å². The minimum atomic E-state index is 0.649. The van der Waals surface area contributed by atoms with Crippen molar-refractivity contribution in [2.24, 2.45) is 11.3 Å². The van der Waals surface area contributed by atoms with E-state index in [-0.39, 0.29) is 0 Å². The van der Waals surface area contributed by atoms with Crippen molar-refractivity contribution in [3.8, 4) is 0 Å². The van der Waals surface area contributed by atoms with E-state index in [1.54, 1.807) is 10.5 Å². The maximum Gasteiger partial charge on any atom is 0.0142 e. The predicted octanol–water partition coefficient (Wildman–Crippen LogP) is 3.87. The van der Waals surface area contributed by atoms with Gasteiger partial charge in [0.05, 0.1) is 0 Å². The van der Waals surface area contributed by atoms with Gasteiger partial charge in [-0.2, -0.15) is 0 Å². The van der Waals surface area contributed by atoms with Crippen LogP contribution in [0.4, 0.5) is 0 Å². The molecule has 1 atom stereocenters. The Labute approximate surface area is 120 Å². The smallest absolute Gasteiger partial charge is 0.0142 e. The quantitative estimate of drug-likeness (QED) is 0.897. The van der Waals surface area contributed by atoms with Crippen LogP contribution >= 0.6 is 11.8 Å². The van der Waals surface area contributed by atoms with Gasteiger partial charge in [0.2, 0.25) is 0 Å². The molecular weight excluding hydrogens is 250 g/mol. The summed E-state index contributed by atoms with van der Waals surface area (Å²) in [5.41, 5.74) is 2.24. The zero-order valence-electron chi connectivity index (χ0n) is 11.5. The Hall–Kier alpha value is -0.470. The van der Waals surface area contributed by atoms with Crippen molar-refractivity contribution < 1.29 is 0 Å². The van der Waals surface area contributed by atoms with Crippen molar-refractivity contribution in [3.63, 3.8) is 0 Å². The van der Waals surface area contributed by atoms with E-state index in [0.29, 0.717) is 5.41 Å². The summed E-state index contributed by atoms with van der Waals surface area (Å²) >= 11 is 2.14. The summed E-state index contributed by atoms with van der Waals surface area (Å²) in [5.74, 6) is 1.01. The lowest BCUT2D eigenvalue weighted by Crippen LogP contribution is -2.58. The lowest BCUT2D eigenvalue weighted by Gasteiger charge is -2.49. The molecule has 1 aromatic carbocycles. The summed E-state index contributed by atoms with van der Waals surface area (Å²) in [6, 6.07) is 9.01. The van der Waals surface area contributed by atoms with Crippen LogP contribution in [0.15, 0.2) is 29.2 Å². The van der Waals surface area contributed by atoms with Gasteiger partial charge < -0.3 is 5.32 Å². The summed E-state index contributed by atoms with van der Waals surface area (Å²) in [6.07, 6.45) is 8.67. The van der Waals surface area contributed by atoms with Crippen molar-refractivity contribution in [2.45, 2.75) is 48.7 Å². The third kappa shape index (κ3) is 2.13. The molecule has 102 valence electrons. The summed E-state index contributed by atoms with van der Waals surface area (Å²) in [4.78, 5) is 1.54. The second-order valence-electron chi connectivity index (χ2n) is 6.70. The first-order valence-corrected chi connectivity index (χ1v) is 8.69. The van der Waals surface area contributed by atoms with E-state index in [9.17, 15) is 0 Å². The summed E-state index contributed by atoms with van der Waals surface area (Å²) in [6.45, 7) is 2.57. The molecule has 1 unspecified atom stereocenters. The molecule has 0 bridgehead atoms. The van der Waals surface area contributed by atoms with E-state index in [2.05, 4.69) is 41.3 Å². The van der Waals surface area contributed by atoms with E-state index in [1.165, 1.54) is 51.6 Å². The Bertz CT molecular complexity index is 435. The molecule has 2 heterocycles. The second-order valence-corrected chi connectivity index (χ2v) is 8.05. The molecule has 0 spiro atoms. The second kappa shape index (κ2) is 4.82. The van der Waals surface area contributed by atoms with Gasteiger partial charge in [0.1, 0.15) is 0 Å². The first kappa shape index (κ1) is 12.3. The fraction of sp³-hybridized carbons (Fsp3) is 0.647. The summed E-state index contributed by atoms with van der Waals surface area (Å²) in [7, 11) is 0. The van der Waals surface area contributed by atoms with Crippen molar-refractivity contribution in [3.05, 3.63) is 29.8 Å². The maximum atomic E-state index is 3.56. The molecule has 2 aliphatic heterocycles. The van der Waals surface area contributed by atoms with Gasteiger partial charge in [-0.25, -0.2) is 0 Å². The Kier molecular flexibility index (Phi) is 3.12. The Morgan fingerprint density at radius 3 is 2.63 bits per heavy atom. The molecule has 1 aliphatic carbocycles. The number of benzene rings is 1. The standard InChI is InChI=1S/C17H23NS/c1-4-8-16-13(5-1)9-15(19-16)10-17(11-18-12-17)14-6-2-3-7-14/h1,4-5,8,14-15,18H,2-3,6-7,9-12H2. The number of hydrogen-bond donors (Lipinski definition) is 1. The molecule has 2 fully saturated rings. The highest BCUT2D eigenvalue weighted by molar-refractivity contribution is 8.00. The Morgan fingerprint density at radius 2 is 1.95 bits per heavy atom. The van der Waals surface area contributed by atoms with Crippen LogP contribution < -0.4 is 5.32 Å². The highest BCUT2D eigenvalue weighted by Crippen LogP contribution is 2.50. The van der Waals surface area contributed by atoms with Crippen LogP contribution in [0.3, 0.4) is 0 Å². The third-order valence-corrected chi connectivity index (χ3v) is 6.84. The largest absolute Gasteiger partial charge is 0.316 e. The molecule has 0 amide bonds. The van der Waals surface area contributed by atoms with Crippen molar-refractivity contribution in [2.75, 3.05) is 13.1 Å². The molecule has 2 heteroatoms. The topological polar surface area (TPSA) is 12.0 Å². The van der Waals surface area contributed by atoms with Crippen molar-refractivity contribution in [1.82, 2.24) is 5.32 Å². The van der Waals surface area contributed by atoms with Crippen LogP contribution in [-0.4, -0.2) is 18.3 Å². The van der Waals surface area contributed by atoms with Crippen LogP contribution in [0.5, 0.6) is 0 Å². The summed E-state index contributed by atoms with van der Waals surface area (Å²) in [5, 5.41) is 4.40. The number of rotatable bonds is 3. The number of fused-ring (bicyclic) bond motifs is 1. The highest BCUT2D eigenvalue weighted by Gasteiger charge is 2.46.